The van der Waals surface area contributed by atoms with E-state index >= 15 is 0 Å². The van der Waals surface area contributed by atoms with Gasteiger partial charge in [-0.05, 0) is 115 Å². The topological polar surface area (TPSA) is 694 Å². The van der Waals surface area contributed by atoms with Gasteiger partial charge in [-0.15, -0.1) is 0 Å². The van der Waals surface area contributed by atoms with Crippen LogP contribution in [0, 0.1) is 0 Å². The molecule has 3 heterocycles. The molecular weight excluding hydrogens is 1620 g/mol. The van der Waals surface area contributed by atoms with Gasteiger partial charge in [-0.1, -0.05) is 159 Å². The van der Waals surface area contributed by atoms with Crippen LogP contribution in [0.1, 0.15) is 225 Å². The SMILES string of the molecule is CCCCCCCCCCCCCCCC(=O)NCC(=O)N[C@@H](CO)C(=O)N[C@@H](CC(N)=O)[C@H](O)N[C@@H](CCCCNC(N)N)[C@H](O)N[C@@H](C(C)O)[C@H](O)N[C@@H](CCCC)C(C)=O.NC(N)=NCCC[C@@H]1NC(=O)[C@@H](Cc2ccccc2)NC(=O)[C@@H]2C[C@@H](O)CN2[C@@H](O)[C@@H](N)CCC(=O)NCCCC[C@@H]([C@@H](N)O)N[C@@H](O)[C@H](Cc2c[nH]c3ccccc23)NC1=O. The Morgan fingerprint density at radius 2 is 1.29 bits per heavy atom. The predicted molar refractivity (Wildman–Crippen MR) is 475 cm³/mol. The first-order valence-electron chi connectivity index (χ1n) is 44.7. The number of guanidine groups is 1. The number of hydrogen-bond donors (Lipinski definition) is 29. The number of primary amides is 1. The van der Waals surface area contributed by atoms with Crippen LogP contribution in [0.2, 0.25) is 0 Å². The number of benzene rings is 2. The molecule has 0 radical (unpaired) electrons. The van der Waals surface area contributed by atoms with Crippen LogP contribution < -0.4 is 104 Å². The quantitative estimate of drug-likeness (QED) is 0.0113. The zero-order valence-corrected chi connectivity index (χ0v) is 73.6. The number of aromatic amines is 1. The monoisotopic (exact) mass is 1770 g/mol. The number of rotatable bonds is 51. The van der Waals surface area contributed by atoms with Gasteiger partial charge in [0.2, 0.25) is 47.3 Å². The first kappa shape index (κ1) is 109. The van der Waals surface area contributed by atoms with E-state index in [1.807, 2.05) is 31.2 Å². The van der Waals surface area contributed by atoms with Crippen molar-refractivity contribution >= 4 is 69.9 Å². The van der Waals surface area contributed by atoms with Gasteiger partial charge < -0.3 is 128 Å². The fourth-order valence-corrected chi connectivity index (χ4v) is 15.1. The highest BCUT2D eigenvalue weighted by Gasteiger charge is 2.43. The number of carbonyl (C=O) groups is 9. The number of aliphatic hydroxyl groups is 9. The minimum atomic E-state index is -1.75. The number of aromatic nitrogens is 1. The van der Waals surface area contributed by atoms with E-state index in [1.54, 1.807) is 36.5 Å². The molecule has 2 aliphatic rings. The van der Waals surface area contributed by atoms with Gasteiger partial charge in [-0.2, -0.15) is 0 Å². The molecule has 2 saturated heterocycles. The third kappa shape index (κ3) is 43.5. The van der Waals surface area contributed by atoms with Crippen molar-refractivity contribution in [3.05, 3.63) is 71.9 Å². The van der Waals surface area contributed by atoms with E-state index in [0.29, 0.717) is 70.0 Å². The van der Waals surface area contributed by atoms with Crippen LogP contribution in [0.3, 0.4) is 0 Å². The molecule has 40 nitrogen and oxygen atoms in total. The number of hydrogen-bond acceptors (Lipinski definition) is 29. The lowest BCUT2D eigenvalue weighted by molar-refractivity contribution is -0.136. The summed E-state index contributed by atoms with van der Waals surface area (Å²) in [7, 11) is 0. The van der Waals surface area contributed by atoms with Gasteiger partial charge in [0.15, 0.2) is 5.96 Å². The molecule has 0 bridgehead atoms. The maximum absolute atomic E-state index is 14.4. The number of para-hydroxylation sites is 1. The average Bonchev–Trinajstić information content (AvgIpc) is 1.68. The molecule has 3 aromatic rings. The van der Waals surface area contributed by atoms with Gasteiger partial charge in [0.05, 0.1) is 62.0 Å². The number of fused-ring (bicyclic) bond motifs is 2. The molecule has 1 unspecified atom stereocenters. The van der Waals surface area contributed by atoms with Gasteiger partial charge in [-0.25, -0.2) is 0 Å². The maximum atomic E-state index is 14.4. The number of amides is 8. The zero-order chi connectivity index (χ0) is 92.3. The minimum absolute atomic E-state index is 0.0145. The van der Waals surface area contributed by atoms with Gasteiger partial charge >= 0.3 is 0 Å². The van der Waals surface area contributed by atoms with E-state index < -0.39 is 177 Å². The van der Waals surface area contributed by atoms with Gasteiger partial charge in [-0.3, -0.25) is 79.6 Å². The first-order valence-corrected chi connectivity index (χ1v) is 44.7. The Bertz CT molecular complexity index is 3630. The van der Waals surface area contributed by atoms with Crippen molar-refractivity contribution in [3.63, 3.8) is 0 Å². The smallest absolute Gasteiger partial charge is 0.245 e. The van der Waals surface area contributed by atoms with Crippen molar-refractivity contribution in [1.82, 2.24) is 73.7 Å². The number of nitrogens with two attached hydrogens (primary N) is 7. The van der Waals surface area contributed by atoms with Crippen LogP contribution in [-0.2, 0) is 56.0 Å². The van der Waals surface area contributed by atoms with Gasteiger partial charge in [0.1, 0.15) is 67.6 Å². The highest BCUT2D eigenvalue weighted by Crippen LogP contribution is 2.25. The molecule has 0 saturated carbocycles. The van der Waals surface area contributed by atoms with Crippen molar-refractivity contribution in [2.24, 2.45) is 45.1 Å². The van der Waals surface area contributed by atoms with Gasteiger partial charge in [0, 0.05) is 74.1 Å². The summed E-state index contributed by atoms with van der Waals surface area (Å²) < 4.78 is 0. The molecule has 0 spiro atoms. The normalized spacial score (nSPS) is 22.3. The van der Waals surface area contributed by atoms with E-state index in [2.05, 4.69) is 80.7 Å². The molecule has 1 aromatic heterocycles. The van der Waals surface area contributed by atoms with Crippen LogP contribution in [-0.4, -0.2) is 276 Å². The summed E-state index contributed by atoms with van der Waals surface area (Å²) in [5, 5.41) is 132. The lowest BCUT2D eigenvalue weighted by Gasteiger charge is -2.36. The van der Waals surface area contributed by atoms with Crippen LogP contribution in [0.5, 0.6) is 0 Å². The Morgan fingerprint density at radius 3 is 1.91 bits per heavy atom. The number of aliphatic hydroxyl groups excluding tert-OH is 9. The standard InChI is InChI=1S/C43H88N10O10.C42H64N12O8/c1-5-7-9-10-11-12-13-14-15-16-17-18-19-24-36(58)48-27-37(59)49-34(28-54)41(62)52-33(26-35(44)57)40(61)51-32(23-20-21-25-47-43(45)46)39(60)53-38(30(4)56)42(63)50-31(29(3)55)22-8-6-2;43-28-15-16-35(56)47-17-7-6-13-30(36(44)57)50-39(60)33(20-25-22-49-29-12-5-4-11-27(25)29)52-37(58)31(14-8-18-48-42(45)46)51-38(59)32(19-24-9-2-1-3-10-24)53-40(61)34-21-26(55)23-54(34)41(28)62/h30-34,38-40,42-43,47,50-51,53-54,56,60-61,63H,5-28,45-46H2,1-4H3,(H2,44,57)(H,48,58)(H,49,59)(H,52,62);1-5,9-12,22,26,28,30-34,36,39,41,49-50,55,57,60,62H,6-8,13-21,23,43-44H2,(H,47,56)(H,51,59)(H,52,58)(H,53,61)(H4,45,46,48)/t30?,31-,32-,33-,34-,38-,39-,40-,42-;26-,28+,30+,31+,32-,33+,34+,36+,39+,41+/m01/s1. The van der Waals surface area contributed by atoms with Crippen LogP contribution in [0.4, 0.5) is 0 Å². The number of Topliss-reactive ketones (excluding diaryl/α,β-unsaturated/α-hetero) is 1. The number of unbranched alkanes of at least 4 members (excludes halogenated alkanes) is 14. The van der Waals surface area contributed by atoms with Crippen molar-refractivity contribution in [2.75, 3.05) is 39.3 Å². The largest absolute Gasteiger partial charge is 0.394 e. The van der Waals surface area contributed by atoms with E-state index in [9.17, 15) is 89.1 Å². The molecule has 36 N–H and O–H groups in total. The Morgan fingerprint density at radius 1 is 0.656 bits per heavy atom. The average molecular weight is 1770 g/mol. The minimum Gasteiger partial charge on any atom is -0.394 e. The van der Waals surface area contributed by atoms with Crippen LogP contribution in [0.15, 0.2) is 65.8 Å². The predicted octanol–water partition coefficient (Wildman–Crippen LogP) is -3.45. The highest BCUT2D eigenvalue weighted by molar-refractivity contribution is 5.94. The summed E-state index contributed by atoms with van der Waals surface area (Å²) in [6.45, 7) is 6.41. The lowest BCUT2D eigenvalue weighted by Crippen LogP contribution is -2.64. The molecular formula is C85H152N22O18. The Hall–Kier alpha value is -8.08. The molecule has 125 heavy (non-hydrogen) atoms. The molecule has 2 fully saturated rings. The summed E-state index contributed by atoms with van der Waals surface area (Å²) in [6.07, 6.45) is 9.45. The van der Waals surface area contributed by atoms with Crippen LogP contribution in [0.25, 0.3) is 10.9 Å². The second-order valence-electron chi connectivity index (χ2n) is 33.1. The zero-order valence-electron chi connectivity index (χ0n) is 73.6. The number of H-pyrrole nitrogens is 1. The van der Waals surface area contributed by atoms with Crippen molar-refractivity contribution in [1.29, 1.82) is 0 Å². The molecule has 19 atom stereocenters. The highest BCUT2D eigenvalue weighted by atomic mass is 16.3. The summed E-state index contributed by atoms with van der Waals surface area (Å²) in [4.78, 5) is 127. The third-order valence-corrected chi connectivity index (χ3v) is 22.4. The summed E-state index contributed by atoms with van der Waals surface area (Å²) >= 11 is 0. The number of nitrogens with one attached hydrogen (secondary N) is 13. The second kappa shape index (κ2) is 61.4. The van der Waals surface area contributed by atoms with E-state index in [-0.39, 0.29) is 94.4 Å². The van der Waals surface area contributed by atoms with E-state index in [0.717, 1.165) is 42.1 Å². The third-order valence-electron chi connectivity index (χ3n) is 22.4. The van der Waals surface area contributed by atoms with Crippen molar-refractivity contribution in [3.8, 4) is 0 Å². The molecule has 2 aliphatic heterocycles. The molecule has 8 amide bonds. The van der Waals surface area contributed by atoms with Crippen molar-refractivity contribution in [2.45, 2.75) is 349 Å². The fourth-order valence-electron chi connectivity index (χ4n) is 15.1. The first-order chi connectivity index (χ1) is 59.7. The number of carbonyl (C=O) groups excluding carboxylic acids is 9. The number of ketones is 1. The Balaban J connectivity index is 0.000000524. The summed E-state index contributed by atoms with van der Waals surface area (Å²) in [5.74, 6) is -5.64. The summed E-state index contributed by atoms with van der Waals surface area (Å²) in [5.41, 5.74) is 42.3. The van der Waals surface area contributed by atoms with Gasteiger partial charge in [0.25, 0.3) is 0 Å². The molecule has 5 rings (SSSR count). The molecule has 0 aliphatic carbocycles. The van der Waals surface area contributed by atoms with E-state index in [1.165, 1.54) is 76.5 Å². The lowest BCUT2D eigenvalue weighted by atomic mass is 10.0. The Kier molecular flexibility index (Phi) is 53.7. The number of nitrogens with zero attached hydrogens (tertiary/aromatic N) is 2. The van der Waals surface area contributed by atoms with Crippen molar-refractivity contribution < 1.29 is 89.1 Å². The second-order valence-corrected chi connectivity index (χ2v) is 33.1. The fraction of sp³-hybridized carbons (Fsp3) is 0.718. The molecule has 710 valence electrons. The van der Waals surface area contributed by atoms with Crippen LogP contribution >= 0.6 is 0 Å². The molecule has 2 aromatic carbocycles. The Labute approximate surface area is 735 Å². The summed E-state index contributed by atoms with van der Waals surface area (Å²) in [6, 6.07) is 4.22. The molecule has 40 heteroatoms. The van der Waals surface area contributed by atoms with E-state index in [4.69, 9.17) is 40.1 Å². The maximum Gasteiger partial charge on any atom is 0.245 e. The number of aliphatic imine (C=N–C) groups is 1.